The van der Waals surface area contributed by atoms with Gasteiger partial charge in [-0.05, 0) is 12.3 Å². The van der Waals surface area contributed by atoms with E-state index in [2.05, 4.69) is 5.32 Å². The van der Waals surface area contributed by atoms with E-state index in [9.17, 15) is 9.59 Å². The molecule has 0 bridgehead atoms. The maximum atomic E-state index is 11.3. The average Bonchev–Trinajstić information content (AvgIpc) is 2.12. The highest BCUT2D eigenvalue weighted by Gasteiger charge is 2.17. The summed E-state index contributed by atoms with van der Waals surface area (Å²) in [6.45, 7) is 3.71. The minimum Gasteiger partial charge on any atom is -0.381 e. The fraction of sp³-hybridized carbons (Fsp3) is 0.778. The smallest absolute Gasteiger partial charge is 0.248 e. The molecule has 0 aromatic rings. The van der Waals surface area contributed by atoms with Gasteiger partial charge in [-0.3, -0.25) is 9.59 Å². The van der Waals surface area contributed by atoms with Crippen molar-refractivity contribution in [3.8, 4) is 0 Å². The van der Waals surface area contributed by atoms with Gasteiger partial charge in [0.2, 0.25) is 11.8 Å². The third kappa shape index (κ3) is 6.03. The minimum absolute atomic E-state index is 0.194. The van der Waals surface area contributed by atoms with Crippen molar-refractivity contribution < 1.29 is 14.7 Å². The molecule has 6 nitrogen and oxygen atoms in total. The Hall–Kier alpha value is -1.14. The summed E-state index contributed by atoms with van der Waals surface area (Å²) in [5.74, 6) is -0.941. The number of carbonyl (C=O) groups excluding carboxylic acids is 2. The first-order valence-corrected chi connectivity index (χ1v) is 4.85. The molecule has 6 N–H and O–H groups in total. The number of aliphatic hydroxyl groups excluding tert-OH is 1. The van der Waals surface area contributed by atoms with E-state index < -0.39 is 18.1 Å². The van der Waals surface area contributed by atoms with E-state index in [1.54, 1.807) is 0 Å². The number of nitrogens with two attached hydrogens (primary N) is 2. The molecular formula is C9H19N3O3. The number of rotatable bonds is 6. The molecule has 0 heterocycles. The molecule has 0 fully saturated rings. The summed E-state index contributed by atoms with van der Waals surface area (Å²) in [5, 5.41) is 11.4. The molecule has 0 radical (unpaired) electrons. The Balaban J connectivity index is 3.88. The zero-order chi connectivity index (χ0) is 12.0. The topological polar surface area (TPSA) is 118 Å². The Morgan fingerprint density at radius 3 is 2.33 bits per heavy atom. The quantitative estimate of drug-likeness (QED) is 0.425. The van der Waals surface area contributed by atoms with E-state index in [1.165, 1.54) is 0 Å². The van der Waals surface area contributed by atoms with Crippen LogP contribution in [0.3, 0.4) is 0 Å². The van der Waals surface area contributed by atoms with Gasteiger partial charge in [-0.2, -0.15) is 0 Å². The molecule has 0 saturated carbocycles. The number of primary amides is 1. The van der Waals surface area contributed by atoms with Crippen LogP contribution in [0.1, 0.15) is 20.3 Å². The predicted octanol–water partition coefficient (Wildman–Crippen LogP) is -1.68. The molecular weight excluding hydrogens is 198 g/mol. The van der Waals surface area contributed by atoms with Gasteiger partial charge in [0.25, 0.3) is 0 Å². The molecule has 0 aliphatic heterocycles. The molecule has 0 aromatic heterocycles. The first-order valence-electron chi connectivity index (χ1n) is 4.85. The Morgan fingerprint density at radius 2 is 1.93 bits per heavy atom. The van der Waals surface area contributed by atoms with E-state index in [0.29, 0.717) is 12.3 Å². The second kappa shape index (κ2) is 6.36. The van der Waals surface area contributed by atoms with Crippen molar-refractivity contribution in [2.24, 2.45) is 17.4 Å². The zero-order valence-electron chi connectivity index (χ0n) is 9.06. The van der Waals surface area contributed by atoms with Crippen LogP contribution in [0.4, 0.5) is 0 Å². The van der Waals surface area contributed by atoms with Crippen molar-refractivity contribution >= 4 is 11.8 Å². The van der Waals surface area contributed by atoms with Gasteiger partial charge in [0.1, 0.15) is 6.10 Å². The van der Waals surface area contributed by atoms with Crippen molar-refractivity contribution in [3.05, 3.63) is 0 Å². The summed E-state index contributed by atoms with van der Waals surface area (Å²) >= 11 is 0. The largest absolute Gasteiger partial charge is 0.381 e. The fourth-order valence-electron chi connectivity index (χ4n) is 1.04. The van der Waals surface area contributed by atoms with E-state index >= 15 is 0 Å². The van der Waals surface area contributed by atoms with Crippen molar-refractivity contribution in [2.45, 2.75) is 32.4 Å². The molecule has 0 aromatic carbocycles. The summed E-state index contributed by atoms with van der Waals surface area (Å²) in [6, 6.07) is -0.620. The number of amides is 2. The predicted molar refractivity (Wildman–Crippen MR) is 55.6 cm³/mol. The first-order chi connectivity index (χ1) is 6.84. The van der Waals surface area contributed by atoms with E-state index in [0.717, 1.165) is 0 Å². The van der Waals surface area contributed by atoms with Gasteiger partial charge in [-0.25, -0.2) is 0 Å². The van der Waals surface area contributed by atoms with Crippen LogP contribution < -0.4 is 16.8 Å². The summed E-state index contributed by atoms with van der Waals surface area (Å²) < 4.78 is 0. The standard InChI is InChI=1S/C9H19N3O3/c1-5(2)3-6(10)9(15)12-4-7(13)8(11)14/h5-7,13H,3-4,10H2,1-2H3,(H2,11,14)(H,12,15)/t6-,7?/m0/s1. The van der Waals surface area contributed by atoms with Crippen LogP contribution in [0.2, 0.25) is 0 Å². The summed E-state index contributed by atoms with van der Waals surface area (Å²) in [7, 11) is 0. The molecule has 88 valence electrons. The number of carbonyl (C=O) groups is 2. The Bertz CT molecular complexity index is 231. The Labute approximate surface area is 89.0 Å². The second-order valence-electron chi connectivity index (χ2n) is 3.90. The highest BCUT2D eigenvalue weighted by atomic mass is 16.3. The number of nitrogens with one attached hydrogen (secondary N) is 1. The molecule has 0 spiro atoms. The van der Waals surface area contributed by atoms with Gasteiger partial charge in [-0.1, -0.05) is 13.8 Å². The van der Waals surface area contributed by atoms with Crippen molar-refractivity contribution in [3.63, 3.8) is 0 Å². The van der Waals surface area contributed by atoms with Crippen LogP contribution in [-0.4, -0.2) is 35.6 Å². The number of hydrogen-bond acceptors (Lipinski definition) is 4. The normalized spacial score (nSPS) is 14.7. The van der Waals surface area contributed by atoms with Crippen LogP contribution in [-0.2, 0) is 9.59 Å². The lowest BCUT2D eigenvalue weighted by atomic mass is 10.0. The summed E-state index contributed by atoms with van der Waals surface area (Å²) in [6.07, 6.45) is -0.807. The van der Waals surface area contributed by atoms with Gasteiger partial charge in [-0.15, -0.1) is 0 Å². The molecule has 0 rings (SSSR count). The zero-order valence-corrected chi connectivity index (χ0v) is 9.06. The van der Waals surface area contributed by atoms with Crippen molar-refractivity contribution in [1.29, 1.82) is 0 Å². The van der Waals surface area contributed by atoms with E-state index in [-0.39, 0.29) is 12.5 Å². The number of aliphatic hydroxyl groups is 1. The highest BCUT2D eigenvalue weighted by molar-refractivity contribution is 5.83. The molecule has 0 aliphatic carbocycles. The molecule has 0 saturated heterocycles. The minimum atomic E-state index is -1.36. The van der Waals surface area contributed by atoms with E-state index in [1.807, 2.05) is 13.8 Å². The molecule has 6 heteroatoms. The second-order valence-corrected chi connectivity index (χ2v) is 3.90. The maximum Gasteiger partial charge on any atom is 0.248 e. The van der Waals surface area contributed by atoms with Gasteiger partial charge in [0.05, 0.1) is 12.6 Å². The van der Waals surface area contributed by atoms with Crippen molar-refractivity contribution in [2.75, 3.05) is 6.54 Å². The highest BCUT2D eigenvalue weighted by Crippen LogP contribution is 2.02. The SMILES string of the molecule is CC(C)C[C@H](N)C(=O)NCC(O)C(N)=O. The third-order valence-corrected chi connectivity index (χ3v) is 1.86. The van der Waals surface area contributed by atoms with Gasteiger partial charge in [0, 0.05) is 0 Å². The molecule has 15 heavy (non-hydrogen) atoms. The summed E-state index contributed by atoms with van der Waals surface area (Å²) in [4.78, 5) is 21.8. The maximum absolute atomic E-state index is 11.3. The molecule has 2 amide bonds. The van der Waals surface area contributed by atoms with Gasteiger partial charge < -0.3 is 21.9 Å². The first kappa shape index (κ1) is 13.9. The lowest BCUT2D eigenvalue weighted by Gasteiger charge is -2.15. The molecule has 1 unspecified atom stereocenters. The van der Waals surface area contributed by atoms with Crippen molar-refractivity contribution in [1.82, 2.24) is 5.32 Å². The lowest BCUT2D eigenvalue weighted by molar-refractivity contribution is -0.127. The van der Waals surface area contributed by atoms with Crippen LogP contribution in [0.15, 0.2) is 0 Å². The van der Waals surface area contributed by atoms with Crippen LogP contribution >= 0.6 is 0 Å². The molecule has 2 atom stereocenters. The van der Waals surface area contributed by atoms with E-state index in [4.69, 9.17) is 16.6 Å². The summed E-state index contributed by atoms with van der Waals surface area (Å²) in [5.41, 5.74) is 10.4. The Kier molecular flexibility index (Phi) is 5.88. The van der Waals surface area contributed by atoms with Crippen LogP contribution in [0.5, 0.6) is 0 Å². The van der Waals surface area contributed by atoms with Gasteiger partial charge >= 0.3 is 0 Å². The Morgan fingerprint density at radius 1 is 1.40 bits per heavy atom. The van der Waals surface area contributed by atoms with Crippen LogP contribution in [0, 0.1) is 5.92 Å². The fourth-order valence-corrected chi connectivity index (χ4v) is 1.04. The lowest BCUT2D eigenvalue weighted by Crippen LogP contribution is -2.46. The monoisotopic (exact) mass is 217 g/mol. The van der Waals surface area contributed by atoms with Crippen LogP contribution in [0.25, 0.3) is 0 Å². The molecule has 0 aliphatic rings. The van der Waals surface area contributed by atoms with Gasteiger partial charge in [0.15, 0.2) is 0 Å². The number of hydrogen-bond donors (Lipinski definition) is 4. The average molecular weight is 217 g/mol. The third-order valence-electron chi connectivity index (χ3n) is 1.86.